The summed E-state index contributed by atoms with van der Waals surface area (Å²) in [7, 11) is 0. The van der Waals surface area contributed by atoms with Crippen LogP contribution in [-0.2, 0) is 17.8 Å². The second kappa shape index (κ2) is 10.7. The number of nitrogens with two attached hydrogens (primary N) is 1. The number of aromatic nitrogens is 4. The zero-order valence-electron chi connectivity index (χ0n) is 20.1. The number of aliphatic hydroxyl groups is 2. The number of ether oxygens (including phenoxy) is 1. The van der Waals surface area contributed by atoms with Gasteiger partial charge in [0.15, 0.2) is 0 Å². The number of nitrogens with zero attached hydrogens (tertiary/aromatic N) is 5. The van der Waals surface area contributed by atoms with Crippen molar-refractivity contribution in [3.8, 4) is 21.5 Å². The molecule has 35 heavy (non-hydrogen) atoms. The zero-order valence-corrected chi connectivity index (χ0v) is 20.9. The van der Waals surface area contributed by atoms with E-state index < -0.39 is 6.04 Å². The van der Waals surface area contributed by atoms with Gasteiger partial charge in [0.25, 0.3) is 0 Å². The van der Waals surface area contributed by atoms with Gasteiger partial charge in [-0.3, -0.25) is 4.79 Å². The lowest BCUT2D eigenvalue weighted by Crippen LogP contribution is -2.45. The summed E-state index contributed by atoms with van der Waals surface area (Å²) in [6.45, 7) is 6.46. The highest BCUT2D eigenvalue weighted by Gasteiger charge is 2.27. The van der Waals surface area contributed by atoms with Crippen molar-refractivity contribution in [2.45, 2.75) is 45.9 Å². The molecule has 2 aromatic heterocycles. The molecule has 0 atom stereocenters. The number of nitrogen functional groups attached to an aromatic ring is 1. The van der Waals surface area contributed by atoms with Crippen molar-refractivity contribution in [3.63, 3.8) is 0 Å². The van der Waals surface area contributed by atoms with E-state index >= 15 is 0 Å². The lowest BCUT2D eigenvalue weighted by atomic mass is 10.1. The number of amides is 1. The van der Waals surface area contributed by atoms with Crippen LogP contribution >= 0.6 is 11.3 Å². The van der Waals surface area contributed by atoms with Crippen molar-refractivity contribution >= 4 is 22.9 Å². The maximum atomic E-state index is 12.6. The first-order valence-electron chi connectivity index (χ1n) is 11.5. The van der Waals surface area contributed by atoms with Crippen LogP contribution in [0.25, 0.3) is 15.7 Å². The Labute approximate surface area is 207 Å². The van der Waals surface area contributed by atoms with Crippen LogP contribution in [0.5, 0.6) is 5.75 Å². The summed E-state index contributed by atoms with van der Waals surface area (Å²) in [5, 5.41) is 36.0. The maximum Gasteiger partial charge on any atom is 0.236 e. The molecule has 0 fully saturated rings. The van der Waals surface area contributed by atoms with E-state index in [1.807, 2.05) is 39.0 Å². The van der Waals surface area contributed by atoms with Gasteiger partial charge >= 0.3 is 0 Å². The fourth-order valence-corrected chi connectivity index (χ4v) is 4.75. The molecular weight excluding hydrogens is 470 g/mol. The molecule has 12 heteroatoms. The smallest absolute Gasteiger partial charge is 0.236 e. The molecule has 3 heterocycles. The van der Waals surface area contributed by atoms with Crippen molar-refractivity contribution < 1.29 is 19.7 Å². The third kappa shape index (κ3) is 5.45. The average molecular weight is 502 g/mol. The first-order valence-corrected chi connectivity index (χ1v) is 12.3. The van der Waals surface area contributed by atoms with Gasteiger partial charge in [-0.1, -0.05) is 11.3 Å². The van der Waals surface area contributed by atoms with Crippen LogP contribution in [0.15, 0.2) is 18.2 Å². The van der Waals surface area contributed by atoms with Crippen molar-refractivity contribution in [3.05, 3.63) is 35.2 Å². The number of carbonyl (C=O) groups excluding carboxylic acids is 1. The zero-order chi connectivity index (χ0) is 25.1. The fourth-order valence-electron chi connectivity index (χ4n) is 3.90. The Balaban J connectivity index is 1.49. The molecule has 4 rings (SSSR count). The van der Waals surface area contributed by atoms with Gasteiger partial charge in [-0.25, -0.2) is 4.68 Å². The van der Waals surface area contributed by atoms with E-state index in [9.17, 15) is 15.0 Å². The molecule has 11 nitrogen and oxygen atoms in total. The minimum Gasteiger partial charge on any atom is -0.489 e. The Kier molecular flexibility index (Phi) is 7.65. The lowest BCUT2D eigenvalue weighted by Gasteiger charge is -2.27. The fraction of sp³-hybridized carbons (Fsp3) is 0.478. The molecule has 5 N–H and O–H groups in total. The molecule has 0 saturated heterocycles. The Bertz CT molecular complexity index is 1190. The Morgan fingerprint density at radius 2 is 2.06 bits per heavy atom. The van der Waals surface area contributed by atoms with Gasteiger partial charge in [-0.05, 0) is 39.0 Å². The second-order valence-corrected chi connectivity index (χ2v) is 9.70. The summed E-state index contributed by atoms with van der Waals surface area (Å²) >= 11 is 1.41. The van der Waals surface area contributed by atoms with Crippen LogP contribution in [0.1, 0.15) is 30.8 Å². The van der Waals surface area contributed by atoms with Gasteiger partial charge in [0, 0.05) is 36.3 Å². The van der Waals surface area contributed by atoms with Crippen LogP contribution in [0.3, 0.4) is 0 Å². The van der Waals surface area contributed by atoms with E-state index in [0.29, 0.717) is 36.1 Å². The molecule has 0 bridgehead atoms. The predicted octanol–water partition coefficient (Wildman–Crippen LogP) is 0.896. The molecule has 0 spiro atoms. The van der Waals surface area contributed by atoms with E-state index in [1.54, 1.807) is 9.58 Å². The van der Waals surface area contributed by atoms with Crippen LogP contribution in [-0.4, -0.2) is 79.4 Å². The van der Waals surface area contributed by atoms with Crippen LogP contribution in [0, 0.1) is 6.92 Å². The summed E-state index contributed by atoms with van der Waals surface area (Å²) in [5.41, 5.74) is 10.4. The van der Waals surface area contributed by atoms with Crippen LogP contribution in [0.4, 0.5) is 5.69 Å². The summed E-state index contributed by atoms with van der Waals surface area (Å²) in [6.07, 6.45) is 0.670. The predicted molar refractivity (Wildman–Crippen MR) is 132 cm³/mol. The highest BCUT2D eigenvalue weighted by atomic mass is 32.1. The standard InChI is InChI=1S/C23H31N7O4S/c1-13(2)34-20-5-4-15(8-18(20)24)22-26-27-23(35-22)30-14(3)17-10-29(7-6-19(17)28-30)21(33)9-25-16(11-31)12-32/h4-5,8,13,16,25,31-32H,6-7,9-12,24H2,1-3H3. The van der Waals surface area contributed by atoms with E-state index in [0.717, 1.165) is 27.5 Å². The molecule has 0 unspecified atom stereocenters. The van der Waals surface area contributed by atoms with E-state index in [-0.39, 0.29) is 31.8 Å². The highest BCUT2D eigenvalue weighted by Crippen LogP contribution is 2.33. The van der Waals surface area contributed by atoms with Crippen LogP contribution < -0.4 is 15.8 Å². The van der Waals surface area contributed by atoms with Crippen molar-refractivity contribution in [2.75, 3.05) is 32.0 Å². The van der Waals surface area contributed by atoms with Gasteiger partial charge in [0.1, 0.15) is 10.8 Å². The first-order chi connectivity index (χ1) is 16.8. The Morgan fingerprint density at radius 3 is 2.74 bits per heavy atom. The molecule has 188 valence electrons. The molecule has 3 aromatic rings. The van der Waals surface area contributed by atoms with Crippen molar-refractivity contribution in [1.82, 2.24) is 30.2 Å². The first kappa shape index (κ1) is 25.0. The summed E-state index contributed by atoms with van der Waals surface area (Å²) in [4.78, 5) is 14.4. The second-order valence-electron chi connectivity index (χ2n) is 8.74. The largest absolute Gasteiger partial charge is 0.489 e. The Hall–Kier alpha value is -3.06. The molecule has 1 aliphatic rings. The number of anilines is 1. The number of aliphatic hydroxyl groups excluding tert-OH is 2. The number of rotatable bonds is 9. The average Bonchev–Trinajstić information content (AvgIpc) is 3.45. The molecular formula is C23H31N7O4S. The third-order valence-corrected chi connectivity index (χ3v) is 6.79. The maximum absolute atomic E-state index is 12.6. The monoisotopic (exact) mass is 501 g/mol. The third-order valence-electron chi connectivity index (χ3n) is 5.84. The summed E-state index contributed by atoms with van der Waals surface area (Å²) in [5.74, 6) is 0.553. The molecule has 0 radical (unpaired) electrons. The molecule has 1 aromatic carbocycles. The molecule has 1 amide bonds. The van der Waals surface area contributed by atoms with Gasteiger partial charge < -0.3 is 30.9 Å². The summed E-state index contributed by atoms with van der Waals surface area (Å²) in [6, 6.07) is 5.07. The van der Waals surface area contributed by atoms with Gasteiger partial charge in [-0.15, -0.1) is 10.2 Å². The quantitative estimate of drug-likeness (QED) is 0.313. The van der Waals surface area contributed by atoms with Crippen molar-refractivity contribution in [1.29, 1.82) is 0 Å². The number of benzene rings is 1. The number of nitrogens with one attached hydrogen (secondary N) is 1. The van der Waals surface area contributed by atoms with E-state index in [2.05, 4.69) is 15.5 Å². The minimum atomic E-state index is -0.510. The normalized spacial score (nSPS) is 13.5. The van der Waals surface area contributed by atoms with E-state index in [4.69, 9.17) is 15.6 Å². The van der Waals surface area contributed by atoms with Gasteiger partial charge in [-0.2, -0.15) is 5.10 Å². The minimum absolute atomic E-state index is 0.0329. The Morgan fingerprint density at radius 1 is 1.29 bits per heavy atom. The van der Waals surface area contributed by atoms with Gasteiger partial charge in [0.05, 0.1) is 43.3 Å². The van der Waals surface area contributed by atoms with Crippen molar-refractivity contribution in [2.24, 2.45) is 0 Å². The van der Waals surface area contributed by atoms with E-state index in [1.165, 1.54) is 11.3 Å². The lowest BCUT2D eigenvalue weighted by molar-refractivity contribution is -0.131. The summed E-state index contributed by atoms with van der Waals surface area (Å²) < 4.78 is 7.49. The molecule has 0 aliphatic carbocycles. The van der Waals surface area contributed by atoms with Gasteiger partial charge in [0.2, 0.25) is 11.0 Å². The topological polar surface area (TPSA) is 152 Å². The SMILES string of the molecule is Cc1c2c(nn1-c1nnc(-c3ccc(OC(C)C)c(N)c3)s1)CCN(C(=O)CNC(CO)CO)C2. The molecule has 1 aliphatic heterocycles. The highest BCUT2D eigenvalue weighted by molar-refractivity contribution is 7.17. The number of carbonyl (C=O) groups is 1. The van der Waals surface area contributed by atoms with Crippen LogP contribution in [0.2, 0.25) is 0 Å². The number of hydrogen-bond donors (Lipinski definition) is 4. The number of fused-ring (bicyclic) bond motifs is 1. The molecule has 0 saturated carbocycles. The number of hydrogen-bond acceptors (Lipinski definition) is 10.